The maximum absolute atomic E-state index is 12.1. The molecule has 2 heterocycles. The highest BCUT2D eigenvalue weighted by molar-refractivity contribution is 8.00. The first-order valence-corrected chi connectivity index (χ1v) is 7.45. The summed E-state index contributed by atoms with van der Waals surface area (Å²) < 4.78 is 0. The van der Waals surface area contributed by atoms with E-state index in [-0.39, 0.29) is 41.5 Å². The van der Waals surface area contributed by atoms with Gasteiger partial charge < -0.3 is 15.1 Å². The van der Waals surface area contributed by atoms with Gasteiger partial charge in [0, 0.05) is 18.0 Å². The Bertz CT molecular complexity index is 349. The van der Waals surface area contributed by atoms with Crippen LogP contribution in [0.25, 0.3) is 0 Å². The Hall–Kier alpha value is -0.750. The van der Waals surface area contributed by atoms with Crippen molar-refractivity contribution in [2.75, 3.05) is 11.5 Å². The SMILES string of the molecule is CC1C(O)CC2CCC1N2C(=O)CSCC(=O)O. The van der Waals surface area contributed by atoms with Crippen LogP contribution < -0.4 is 0 Å². The van der Waals surface area contributed by atoms with Crippen LogP contribution in [0.2, 0.25) is 0 Å². The summed E-state index contributed by atoms with van der Waals surface area (Å²) in [6, 6.07) is 0.288. The van der Waals surface area contributed by atoms with E-state index in [0.717, 1.165) is 24.6 Å². The molecule has 5 nitrogen and oxygen atoms in total. The van der Waals surface area contributed by atoms with Crippen molar-refractivity contribution in [3.05, 3.63) is 0 Å². The lowest BCUT2D eigenvalue weighted by Gasteiger charge is -2.41. The molecule has 2 saturated heterocycles. The van der Waals surface area contributed by atoms with Crippen LogP contribution >= 0.6 is 11.8 Å². The van der Waals surface area contributed by atoms with Gasteiger partial charge in [0.2, 0.25) is 5.91 Å². The first-order valence-electron chi connectivity index (χ1n) is 6.29. The van der Waals surface area contributed by atoms with Crippen LogP contribution in [0, 0.1) is 5.92 Å². The lowest BCUT2D eigenvalue weighted by atomic mass is 9.89. The fraction of sp³-hybridized carbons (Fsp3) is 0.833. The third-order valence-electron chi connectivity index (χ3n) is 4.01. The molecule has 6 heteroatoms. The number of hydrogen-bond acceptors (Lipinski definition) is 4. The standard InChI is InChI=1S/C12H19NO4S/c1-7-9-3-2-8(4-10(7)14)13(9)11(15)5-18-6-12(16)17/h7-10,14H,2-6H2,1H3,(H,16,17). The molecule has 2 rings (SSSR count). The highest BCUT2D eigenvalue weighted by Gasteiger charge is 2.46. The molecule has 4 atom stereocenters. The number of carbonyl (C=O) groups is 2. The fourth-order valence-electron chi connectivity index (χ4n) is 3.10. The lowest BCUT2D eigenvalue weighted by molar-refractivity contribution is -0.137. The van der Waals surface area contributed by atoms with Crippen molar-refractivity contribution in [3.63, 3.8) is 0 Å². The Morgan fingerprint density at radius 3 is 2.72 bits per heavy atom. The number of aliphatic hydroxyl groups excluding tert-OH is 1. The second-order valence-corrected chi connectivity index (χ2v) is 6.13. The number of amides is 1. The molecule has 0 radical (unpaired) electrons. The Balaban J connectivity index is 1.93. The number of nitrogens with zero attached hydrogens (tertiary/aromatic N) is 1. The molecule has 2 fully saturated rings. The average molecular weight is 273 g/mol. The third-order valence-corrected chi connectivity index (χ3v) is 4.91. The quantitative estimate of drug-likeness (QED) is 0.783. The number of aliphatic carboxylic acids is 1. The first-order chi connectivity index (χ1) is 8.50. The molecular weight excluding hydrogens is 254 g/mol. The number of carboxylic acid groups (broad SMARTS) is 1. The van der Waals surface area contributed by atoms with E-state index in [4.69, 9.17) is 5.11 Å². The minimum atomic E-state index is -0.891. The number of rotatable bonds is 4. The highest BCUT2D eigenvalue weighted by Crippen LogP contribution is 2.39. The van der Waals surface area contributed by atoms with Crippen LogP contribution in [-0.4, -0.2) is 56.7 Å². The van der Waals surface area contributed by atoms with E-state index >= 15 is 0 Å². The Kier molecular flexibility index (Phi) is 4.17. The van der Waals surface area contributed by atoms with Crippen molar-refractivity contribution in [1.82, 2.24) is 4.90 Å². The summed E-state index contributed by atoms with van der Waals surface area (Å²) in [4.78, 5) is 24.4. The number of thioether (sulfide) groups is 1. The summed E-state index contributed by atoms with van der Waals surface area (Å²) in [5.74, 6) is -0.558. The van der Waals surface area contributed by atoms with Crippen molar-refractivity contribution in [3.8, 4) is 0 Å². The monoisotopic (exact) mass is 273 g/mol. The number of hydrogen-bond donors (Lipinski definition) is 2. The van der Waals surface area contributed by atoms with Gasteiger partial charge in [0.05, 0.1) is 17.6 Å². The van der Waals surface area contributed by atoms with Crippen molar-refractivity contribution in [1.29, 1.82) is 0 Å². The zero-order chi connectivity index (χ0) is 13.3. The molecule has 1 amide bonds. The van der Waals surface area contributed by atoms with Crippen molar-refractivity contribution in [2.45, 2.75) is 44.4 Å². The van der Waals surface area contributed by atoms with Crippen LogP contribution in [0.3, 0.4) is 0 Å². The Morgan fingerprint density at radius 1 is 1.33 bits per heavy atom. The summed E-state index contributed by atoms with van der Waals surface area (Å²) >= 11 is 1.14. The number of aliphatic hydroxyl groups is 1. The predicted molar refractivity (Wildman–Crippen MR) is 68.4 cm³/mol. The molecule has 0 aliphatic carbocycles. The lowest BCUT2D eigenvalue weighted by Crippen LogP contribution is -2.53. The van der Waals surface area contributed by atoms with E-state index in [2.05, 4.69) is 0 Å². The van der Waals surface area contributed by atoms with Gasteiger partial charge in [-0.1, -0.05) is 6.92 Å². The van der Waals surface area contributed by atoms with Crippen molar-refractivity contribution in [2.24, 2.45) is 5.92 Å². The number of fused-ring (bicyclic) bond motifs is 2. The van der Waals surface area contributed by atoms with E-state index in [0.29, 0.717) is 6.42 Å². The zero-order valence-corrected chi connectivity index (χ0v) is 11.2. The molecule has 0 aromatic rings. The van der Waals surface area contributed by atoms with E-state index in [1.165, 1.54) is 0 Å². The number of carbonyl (C=O) groups excluding carboxylic acids is 1. The maximum Gasteiger partial charge on any atom is 0.313 e. The largest absolute Gasteiger partial charge is 0.481 e. The van der Waals surface area contributed by atoms with Gasteiger partial charge in [0.25, 0.3) is 0 Å². The molecule has 0 saturated carbocycles. The van der Waals surface area contributed by atoms with E-state index in [1.807, 2.05) is 11.8 Å². The molecule has 0 spiro atoms. The van der Waals surface area contributed by atoms with Crippen molar-refractivity contribution < 1.29 is 19.8 Å². The Labute approximate surface area is 111 Å². The van der Waals surface area contributed by atoms with E-state index in [9.17, 15) is 14.7 Å². The molecular formula is C12H19NO4S. The van der Waals surface area contributed by atoms with Crippen LogP contribution in [0.5, 0.6) is 0 Å². The van der Waals surface area contributed by atoms with Crippen LogP contribution in [0.15, 0.2) is 0 Å². The van der Waals surface area contributed by atoms with Gasteiger partial charge >= 0.3 is 5.97 Å². The smallest absolute Gasteiger partial charge is 0.313 e. The first kappa shape index (κ1) is 13.7. The van der Waals surface area contributed by atoms with Gasteiger partial charge in [-0.2, -0.15) is 0 Å². The van der Waals surface area contributed by atoms with Gasteiger partial charge in [-0.25, -0.2) is 0 Å². The van der Waals surface area contributed by atoms with Gasteiger partial charge in [0.15, 0.2) is 0 Å². The van der Waals surface area contributed by atoms with Crippen LogP contribution in [0.1, 0.15) is 26.2 Å². The molecule has 0 aromatic heterocycles. The average Bonchev–Trinajstić information content (AvgIpc) is 2.64. The number of piperidine rings is 1. The summed E-state index contributed by atoms with van der Waals surface area (Å²) in [5, 5.41) is 18.4. The summed E-state index contributed by atoms with van der Waals surface area (Å²) in [6.45, 7) is 1.99. The third kappa shape index (κ3) is 2.64. The molecule has 4 unspecified atom stereocenters. The summed E-state index contributed by atoms with van der Waals surface area (Å²) in [6.07, 6.45) is 2.27. The van der Waals surface area contributed by atoms with Crippen LogP contribution in [0.4, 0.5) is 0 Å². The second-order valence-electron chi connectivity index (χ2n) is 5.15. The minimum Gasteiger partial charge on any atom is -0.481 e. The molecule has 2 bridgehead atoms. The summed E-state index contributed by atoms with van der Waals surface area (Å²) in [7, 11) is 0. The molecule has 0 aromatic carbocycles. The normalized spacial score (nSPS) is 34.7. The molecule has 2 aliphatic rings. The molecule has 18 heavy (non-hydrogen) atoms. The van der Waals surface area contributed by atoms with E-state index < -0.39 is 5.97 Å². The minimum absolute atomic E-state index is 0.0208. The molecule has 2 aliphatic heterocycles. The highest BCUT2D eigenvalue weighted by atomic mass is 32.2. The van der Waals surface area contributed by atoms with Gasteiger partial charge in [-0.05, 0) is 19.3 Å². The van der Waals surface area contributed by atoms with Gasteiger partial charge in [-0.15, -0.1) is 11.8 Å². The number of carboxylic acids is 1. The molecule has 102 valence electrons. The topological polar surface area (TPSA) is 77.8 Å². The zero-order valence-electron chi connectivity index (χ0n) is 10.4. The summed E-state index contributed by atoms with van der Waals surface area (Å²) in [5.41, 5.74) is 0. The van der Waals surface area contributed by atoms with Crippen molar-refractivity contribution >= 4 is 23.6 Å². The van der Waals surface area contributed by atoms with Gasteiger partial charge in [0.1, 0.15) is 0 Å². The Morgan fingerprint density at radius 2 is 2.06 bits per heavy atom. The maximum atomic E-state index is 12.1. The predicted octanol–water partition coefficient (Wildman–Crippen LogP) is 0.565. The molecule has 2 N–H and O–H groups in total. The second kappa shape index (κ2) is 5.48. The fourth-order valence-corrected chi connectivity index (χ4v) is 3.70. The van der Waals surface area contributed by atoms with E-state index in [1.54, 1.807) is 0 Å². The van der Waals surface area contributed by atoms with Gasteiger partial charge in [-0.3, -0.25) is 9.59 Å². The van der Waals surface area contributed by atoms with Crippen LogP contribution in [-0.2, 0) is 9.59 Å².